The van der Waals surface area contributed by atoms with Crippen molar-refractivity contribution in [3.63, 3.8) is 0 Å². The number of anilines is 2. The van der Waals surface area contributed by atoms with Gasteiger partial charge in [0.2, 0.25) is 0 Å². The van der Waals surface area contributed by atoms with Gasteiger partial charge in [-0.2, -0.15) is 10.4 Å². The van der Waals surface area contributed by atoms with Crippen LogP contribution in [0.3, 0.4) is 0 Å². The number of non-ortho nitro benzene ring substituents is 1. The Hall–Kier alpha value is -3.70. The number of nitro groups is 1. The number of hydrogen-bond donors (Lipinski definition) is 2. The zero-order chi connectivity index (χ0) is 18.5. The summed E-state index contributed by atoms with van der Waals surface area (Å²) >= 11 is 5.85. The Morgan fingerprint density at radius 3 is 2.54 bits per heavy atom. The van der Waals surface area contributed by atoms with E-state index >= 15 is 0 Å². The first-order chi connectivity index (χ1) is 12.6. The number of rotatable bonds is 5. The van der Waals surface area contributed by atoms with Gasteiger partial charge in [0.25, 0.3) is 5.69 Å². The Bertz CT molecular complexity index is 1000. The third kappa shape index (κ3) is 3.85. The highest BCUT2D eigenvalue weighted by atomic mass is 35.5. The van der Waals surface area contributed by atoms with Gasteiger partial charge in [-0.25, -0.2) is 4.99 Å². The summed E-state index contributed by atoms with van der Waals surface area (Å²) in [6, 6.07) is 14.9. The van der Waals surface area contributed by atoms with E-state index in [0.717, 1.165) is 5.69 Å². The fourth-order valence-electron chi connectivity index (χ4n) is 2.12. The number of halogens is 1. The Morgan fingerprint density at radius 1 is 1.23 bits per heavy atom. The minimum absolute atomic E-state index is 0.00548. The number of hydrogen-bond acceptors (Lipinski definition) is 6. The first-order valence-corrected chi connectivity index (χ1v) is 7.74. The Labute approximate surface area is 152 Å². The van der Waals surface area contributed by atoms with E-state index in [4.69, 9.17) is 11.6 Å². The molecule has 0 radical (unpaired) electrons. The topological polar surface area (TPSA) is 120 Å². The van der Waals surface area contributed by atoms with Crippen LogP contribution in [0.5, 0.6) is 0 Å². The average molecular weight is 367 g/mol. The molecule has 2 aromatic carbocycles. The van der Waals surface area contributed by atoms with Crippen LogP contribution >= 0.6 is 11.6 Å². The van der Waals surface area contributed by atoms with Crippen molar-refractivity contribution in [1.82, 2.24) is 10.2 Å². The fourth-order valence-corrected chi connectivity index (χ4v) is 2.24. The van der Waals surface area contributed by atoms with E-state index in [1.165, 1.54) is 18.3 Å². The lowest BCUT2D eigenvalue weighted by Crippen LogP contribution is -1.92. The van der Waals surface area contributed by atoms with Crippen LogP contribution in [0.2, 0.25) is 5.02 Å². The van der Waals surface area contributed by atoms with Crippen LogP contribution in [0.15, 0.2) is 53.5 Å². The van der Waals surface area contributed by atoms with Crippen LogP contribution in [0, 0.1) is 21.4 Å². The zero-order valence-corrected chi connectivity index (χ0v) is 13.9. The molecule has 2 N–H and O–H groups in total. The lowest BCUT2D eigenvalue weighted by atomic mass is 10.2. The van der Waals surface area contributed by atoms with Gasteiger partial charge in [-0.1, -0.05) is 11.6 Å². The molecule has 9 heteroatoms. The summed E-state index contributed by atoms with van der Waals surface area (Å²) in [6.07, 6.45) is 1.48. The number of nitrogens with one attached hydrogen (secondary N) is 2. The van der Waals surface area contributed by atoms with E-state index in [0.29, 0.717) is 16.4 Å². The normalized spacial score (nSPS) is 10.6. The van der Waals surface area contributed by atoms with Crippen LogP contribution in [0.4, 0.5) is 23.0 Å². The van der Waals surface area contributed by atoms with Crippen molar-refractivity contribution in [2.45, 2.75) is 0 Å². The zero-order valence-electron chi connectivity index (χ0n) is 13.2. The predicted octanol–water partition coefficient (Wildman–Crippen LogP) is 4.34. The van der Waals surface area contributed by atoms with Crippen molar-refractivity contribution in [2.75, 3.05) is 5.32 Å². The van der Waals surface area contributed by atoms with Gasteiger partial charge >= 0.3 is 0 Å². The van der Waals surface area contributed by atoms with Gasteiger partial charge in [0.15, 0.2) is 5.82 Å². The Kier molecular flexibility index (Phi) is 4.92. The molecule has 3 aromatic rings. The first-order valence-electron chi connectivity index (χ1n) is 7.36. The van der Waals surface area contributed by atoms with Crippen LogP contribution < -0.4 is 5.32 Å². The van der Waals surface area contributed by atoms with Crippen molar-refractivity contribution < 1.29 is 4.92 Å². The molecule has 0 fully saturated rings. The maximum atomic E-state index is 10.7. The molecule has 0 atom stereocenters. The molecule has 1 aromatic heterocycles. The molecule has 0 spiro atoms. The quantitative estimate of drug-likeness (QED) is 0.395. The molecule has 1 heterocycles. The van der Waals surface area contributed by atoms with E-state index in [1.807, 2.05) is 0 Å². The second-order valence-electron chi connectivity index (χ2n) is 5.15. The molecular formula is C17H11ClN6O2. The van der Waals surface area contributed by atoms with Crippen molar-refractivity contribution in [3.05, 3.63) is 74.8 Å². The van der Waals surface area contributed by atoms with Gasteiger partial charge in [0.1, 0.15) is 17.5 Å². The first kappa shape index (κ1) is 17.1. The summed E-state index contributed by atoms with van der Waals surface area (Å²) in [4.78, 5) is 14.4. The second-order valence-corrected chi connectivity index (χ2v) is 5.58. The van der Waals surface area contributed by atoms with E-state index in [9.17, 15) is 15.4 Å². The summed E-state index contributed by atoms with van der Waals surface area (Å²) in [7, 11) is 0. The van der Waals surface area contributed by atoms with E-state index in [-0.39, 0.29) is 17.1 Å². The minimum atomic E-state index is -0.475. The maximum absolute atomic E-state index is 10.7. The molecule has 0 aliphatic rings. The number of nitriles is 1. The molecule has 26 heavy (non-hydrogen) atoms. The number of H-pyrrole nitrogens is 1. The van der Waals surface area contributed by atoms with E-state index < -0.39 is 4.92 Å². The van der Waals surface area contributed by atoms with Gasteiger partial charge in [0.05, 0.1) is 4.92 Å². The highest BCUT2D eigenvalue weighted by Crippen LogP contribution is 2.26. The number of aromatic amines is 1. The third-order valence-corrected chi connectivity index (χ3v) is 3.66. The summed E-state index contributed by atoms with van der Waals surface area (Å²) in [5, 5.41) is 30.4. The van der Waals surface area contributed by atoms with Gasteiger partial charge in [0, 0.05) is 29.1 Å². The lowest BCUT2D eigenvalue weighted by molar-refractivity contribution is -0.384. The Balaban J connectivity index is 1.80. The number of aliphatic imine (C=N–C) groups is 1. The van der Waals surface area contributed by atoms with Gasteiger partial charge in [-0.15, -0.1) is 0 Å². The monoisotopic (exact) mass is 366 g/mol. The molecule has 0 saturated heterocycles. The molecule has 0 bridgehead atoms. The molecule has 128 valence electrons. The van der Waals surface area contributed by atoms with Gasteiger partial charge in [-0.05, 0) is 42.0 Å². The van der Waals surface area contributed by atoms with Gasteiger partial charge in [-0.3, -0.25) is 15.2 Å². The lowest BCUT2D eigenvalue weighted by Gasteiger charge is -2.03. The predicted molar refractivity (Wildman–Crippen MR) is 98.4 cm³/mol. The molecule has 8 nitrogen and oxygen atoms in total. The second kappa shape index (κ2) is 7.46. The number of nitrogens with zero attached hydrogens (tertiary/aromatic N) is 4. The summed E-state index contributed by atoms with van der Waals surface area (Å²) in [6.45, 7) is 0. The molecule has 0 aliphatic carbocycles. The minimum Gasteiger partial charge on any atom is -0.339 e. The number of benzene rings is 2. The smallest absolute Gasteiger partial charge is 0.269 e. The summed E-state index contributed by atoms with van der Waals surface area (Å²) in [5.74, 6) is 0.619. The number of nitro benzene ring substituents is 1. The van der Waals surface area contributed by atoms with Crippen LogP contribution in [-0.2, 0) is 0 Å². The standard InChI is InChI=1S/C17H11ClN6O2/c18-12-3-5-13(6-4-12)21-17-15(9-19)16(22-23-17)20-10-11-1-7-14(8-2-11)24(25)26/h1-8,10H,(H2,21,22,23). The van der Waals surface area contributed by atoms with Crippen molar-refractivity contribution >= 4 is 40.8 Å². The van der Waals surface area contributed by atoms with Crippen molar-refractivity contribution in [1.29, 1.82) is 5.26 Å². The summed E-state index contributed by atoms with van der Waals surface area (Å²) in [5.41, 5.74) is 1.63. The summed E-state index contributed by atoms with van der Waals surface area (Å²) < 4.78 is 0. The molecule has 0 unspecified atom stereocenters. The third-order valence-electron chi connectivity index (χ3n) is 3.41. The Morgan fingerprint density at radius 2 is 1.92 bits per heavy atom. The molecule has 0 aliphatic heterocycles. The molecule has 3 rings (SSSR count). The average Bonchev–Trinajstić information content (AvgIpc) is 3.03. The van der Waals surface area contributed by atoms with Gasteiger partial charge < -0.3 is 5.32 Å². The van der Waals surface area contributed by atoms with Crippen LogP contribution in [0.1, 0.15) is 11.1 Å². The molecular weight excluding hydrogens is 356 g/mol. The SMILES string of the molecule is N#Cc1c(N=Cc2ccc([N+](=O)[O-])cc2)n[nH]c1Nc1ccc(Cl)cc1. The fraction of sp³-hybridized carbons (Fsp3) is 0. The maximum Gasteiger partial charge on any atom is 0.269 e. The van der Waals surface area contributed by atoms with Crippen molar-refractivity contribution in [3.8, 4) is 6.07 Å². The highest BCUT2D eigenvalue weighted by Gasteiger charge is 2.12. The number of aromatic nitrogens is 2. The van der Waals surface area contributed by atoms with Crippen LogP contribution in [0.25, 0.3) is 0 Å². The van der Waals surface area contributed by atoms with Crippen LogP contribution in [-0.4, -0.2) is 21.3 Å². The molecule has 0 amide bonds. The highest BCUT2D eigenvalue weighted by molar-refractivity contribution is 6.30. The largest absolute Gasteiger partial charge is 0.339 e. The molecule has 0 saturated carbocycles. The van der Waals surface area contributed by atoms with Crippen molar-refractivity contribution in [2.24, 2.45) is 4.99 Å². The van der Waals surface area contributed by atoms with E-state index in [2.05, 4.69) is 26.6 Å². The van der Waals surface area contributed by atoms with E-state index in [1.54, 1.807) is 36.4 Å².